The first-order valence-electron chi connectivity index (χ1n) is 9.61. The predicted octanol–water partition coefficient (Wildman–Crippen LogP) is 3.33. The lowest BCUT2D eigenvalue weighted by Gasteiger charge is -2.40. The van der Waals surface area contributed by atoms with Crippen LogP contribution in [0.4, 0.5) is 0 Å². The molecule has 5 heteroatoms. The topological polar surface area (TPSA) is 51.4 Å². The predicted molar refractivity (Wildman–Crippen MR) is 101 cm³/mol. The van der Waals surface area contributed by atoms with Crippen LogP contribution in [0.1, 0.15) is 34.8 Å². The number of rotatable bonds is 4. The molecule has 27 heavy (non-hydrogen) atoms. The highest BCUT2D eigenvalue weighted by Gasteiger charge is 2.43. The van der Waals surface area contributed by atoms with Crippen molar-refractivity contribution >= 4 is 0 Å². The second kappa shape index (κ2) is 6.91. The van der Waals surface area contributed by atoms with Gasteiger partial charge in [-0.1, -0.05) is 59.8 Å². The fraction of sp³-hybridized carbons (Fsp3) is 0.364. The fourth-order valence-electron chi connectivity index (χ4n) is 4.36. The van der Waals surface area contributed by atoms with Gasteiger partial charge in [-0.05, 0) is 29.5 Å². The lowest BCUT2D eigenvalue weighted by Crippen LogP contribution is -2.48. The molecule has 3 aromatic rings. The Hall–Kier alpha value is -2.50. The summed E-state index contributed by atoms with van der Waals surface area (Å²) < 4.78 is 11.8. The molecule has 2 heterocycles. The summed E-state index contributed by atoms with van der Waals surface area (Å²) in [6.45, 7) is 3.18. The van der Waals surface area contributed by atoms with Gasteiger partial charge < -0.3 is 9.26 Å². The molecule has 1 spiro atoms. The van der Waals surface area contributed by atoms with Crippen LogP contribution < -0.4 is 0 Å². The fourth-order valence-corrected chi connectivity index (χ4v) is 4.36. The van der Waals surface area contributed by atoms with Gasteiger partial charge in [-0.3, -0.25) is 4.90 Å². The Bertz CT molecular complexity index is 920. The van der Waals surface area contributed by atoms with Gasteiger partial charge >= 0.3 is 0 Å². The molecule has 1 aliphatic carbocycles. The maximum absolute atomic E-state index is 6.30. The van der Waals surface area contributed by atoms with E-state index in [4.69, 9.17) is 9.26 Å². The first-order chi connectivity index (χ1) is 13.3. The van der Waals surface area contributed by atoms with Gasteiger partial charge in [-0.25, -0.2) is 0 Å². The highest BCUT2D eigenvalue weighted by atomic mass is 16.5. The molecule has 1 saturated heterocycles. The minimum absolute atomic E-state index is 0.179. The maximum atomic E-state index is 6.30. The van der Waals surface area contributed by atoms with Crippen molar-refractivity contribution in [3.8, 4) is 0 Å². The van der Waals surface area contributed by atoms with Gasteiger partial charge in [0.2, 0.25) is 5.89 Å². The lowest BCUT2D eigenvalue weighted by atomic mass is 9.93. The molecule has 0 bridgehead atoms. The average Bonchev–Trinajstić information content (AvgIpc) is 3.28. The maximum Gasteiger partial charge on any atom is 0.240 e. The molecule has 5 nitrogen and oxygen atoms in total. The summed E-state index contributed by atoms with van der Waals surface area (Å²) in [5, 5.41) is 4.16. The zero-order valence-corrected chi connectivity index (χ0v) is 15.3. The van der Waals surface area contributed by atoms with Crippen LogP contribution in [0.5, 0.6) is 0 Å². The van der Waals surface area contributed by atoms with E-state index in [9.17, 15) is 0 Å². The second-order valence-electron chi connectivity index (χ2n) is 7.48. The van der Waals surface area contributed by atoms with Crippen LogP contribution in [0.15, 0.2) is 59.1 Å². The molecule has 0 saturated carbocycles. The van der Waals surface area contributed by atoms with E-state index >= 15 is 0 Å². The van der Waals surface area contributed by atoms with Gasteiger partial charge in [-0.15, -0.1) is 0 Å². The number of nitrogens with zero attached hydrogens (tertiary/aromatic N) is 3. The van der Waals surface area contributed by atoms with Crippen molar-refractivity contribution in [2.75, 3.05) is 19.7 Å². The zero-order chi connectivity index (χ0) is 18.1. The number of aromatic nitrogens is 2. The standard InChI is InChI=1S/C22H23N3O2/c1-2-6-17(7-3-1)14-20-23-21(27-24-20)15-25-12-13-26-22(16-25)11-10-18-8-4-5-9-19(18)22/h1-9H,10-16H2. The van der Waals surface area contributed by atoms with E-state index in [-0.39, 0.29) is 5.60 Å². The Kier molecular flexibility index (Phi) is 4.26. The summed E-state index contributed by atoms with van der Waals surface area (Å²) in [7, 11) is 0. The summed E-state index contributed by atoms with van der Waals surface area (Å²) in [5.41, 5.74) is 3.78. The van der Waals surface area contributed by atoms with Crippen molar-refractivity contribution in [2.24, 2.45) is 0 Å². The van der Waals surface area contributed by atoms with Crippen LogP contribution in [0.25, 0.3) is 0 Å². The molecule has 0 N–H and O–H groups in total. The molecule has 1 fully saturated rings. The van der Waals surface area contributed by atoms with Gasteiger partial charge in [0.25, 0.3) is 0 Å². The van der Waals surface area contributed by atoms with Gasteiger partial charge in [0.1, 0.15) is 5.60 Å². The SMILES string of the molecule is c1ccc(Cc2noc(CN3CCOC4(CCc5ccccc54)C3)n2)cc1. The zero-order valence-electron chi connectivity index (χ0n) is 15.3. The largest absolute Gasteiger partial charge is 0.368 e. The lowest BCUT2D eigenvalue weighted by molar-refractivity contribution is -0.117. The van der Waals surface area contributed by atoms with Crippen molar-refractivity contribution in [1.29, 1.82) is 0 Å². The molecule has 5 rings (SSSR count). The number of hydrogen-bond acceptors (Lipinski definition) is 5. The average molecular weight is 361 g/mol. The number of hydrogen-bond donors (Lipinski definition) is 0. The van der Waals surface area contributed by atoms with E-state index in [1.807, 2.05) is 18.2 Å². The van der Waals surface area contributed by atoms with Crippen molar-refractivity contribution < 1.29 is 9.26 Å². The third kappa shape index (κ3) is 3.29. The van der Waals surface area contributed by atoms with Crippen molar-refractivity contribution in [1.82, 2.24) is 15.0 Å². The van der Waals surface area contributed by atoms with Crippen LogP contribution in [0, 0.1) is 0 Å². The number of ether oxygens (including phenoxy) is 1. The molecule has 2 aromatic carbocycles. The third-order valence-electron chi connectivity index (χ3n) is 5.65. The van der Waals surface area contributed by atoms with Gasteiger partial charge in [0.05, 0.1) is 13.2 Å². The summed E-state index contributed by atoms with van der Waals surface area (Å²) >= 11 is 0. The van der Waals surface area contributed by atoms with Gasteiger partial charge in [0.15, 0.2) is 5.82 Å². The molecular weight excluding hydrogens is 338 g/mol. The van der Waals surface area contributed by atoms with E-state index in [1.165, 1.54) is 16.7 Å². The van der Waals surface area contributed by atoms with Crippen LogP contribution >= 0.6 is 0 Å². The Morgan fingerprint density at radius 3 is 2.81 bits per heavy atom. The number of benzene rings is 2. The van der Waals surface area contributed by atoms with E-state index in [2.05, 4.69) is 51.4 Å². The minimum Gasteiger partial charge on any atom is -0.368 e. The highest BCUT2D eigenvalue weighted by molar-refractivity contribution is 5.38. The summed E-state index contributed by atoms with van der Waals surface area (Å²) in [4.78, 5) is 6.98. The molecule has 1 aliphatic heterocycles. The monoisotopic (exact) mass is 361 g/mol. The third-order valence-corrected chi connectivity index (χ3v) is 5.65. The summed E-state index contributed by atoms with van der Waals surface area (Å²) in [6.07, 6.45) is 2.84. The Morgan fingerprint density at radius 1 is 1.04 bits per heavy atom. The quantitative estimate of drug-likeness (QED) is 0.713. The molecule has 1 aromatic heterocycles. The van der Waals surface area contributed by atoms with Gasteiger partial charge in [0, 0.05) is 19.5 Å². The van der Waals surface area contributed by atoms with Crippen molar-refractivity contribution in [2.45, 2.75) is 31.4 Å². The number of aryl methyl sites for hydroxylation is 1. The van der Waals surface area contributed by atoms with Crippen LogP contribution in [0.3, 0.4) is 0 Å². The minimum atomic E-state index is -0.179. The molecular formula is C22H23N3O2. The van der Waals surface area contributed by atoms with Crippen molar-refractivity contribution in [3.63, 3.8) is 0 Å². The first kappa shape index (κ1) is 16.7. The summed E-state index contributed by atoms with van der Waals surface area (Å²) in [5.74, 6) is 1.43. The highest BCUT2D eigenvalue weighted by Crippen LogP contribution is 2.42. The van der Waals surface area contributed by atoms with Crippen LogP contribution in [-0.2, 0) is 29.7 Å². The van der Waals surface area contributed by atoms with Crippen molar-refractivity contribution in [3.05, 3.63) is 83.0 Å². The Morgan fingerprint density at radius 2 is 1.89 bits per heavy atom. The number of fused-ring (bicyclic) bond motifs is 2. The van der Waals surface area contributed by atoms with E-state index in [0.717, 1.165) is 38.4 Å². The van der Waals surface area contributed by atoms with Gasteiger partial charge in [-0.2, -0.15) is 4.98 Å². The van der Waals surface area contributed by atoms with Crippen LogP contribution in [0.2, 0.25) is 0 Å². The normalized spacial score (nSPS) is 22.2. The molecule has 2 aliphatic rings. The molecule has 1 unspecified atom stereocenters. The first-order valence-corrected chi connectivity index (χ1v) is 9.61. The summed E-state index contributed by atoms with van der Waals surface area (Å²) in [6, 6.07) is 18.9. The van der Waals surface area contributed by atoms with E-state index in [0.29, 0.717) is 18.9 Å². The molecule has 0 radical (unpaired) electrons. The number of morpholine rings is 1. The van der Waals surface area contributed by atoms with E-state index < -0.39 is 0 Å². The molecule has 1 atom stereocenters. The smallest absolute Gasteiger partial charge is 0.240 e. The molecule has 0 amide bonds. The van der Waals surface area contributed by atoms with Crippen LogP contribution in [-0.4, -0.2) is 34.7 Å². The van der Waals surface area contributed by atoms with E-state index in [1.54, 1.807) is 0 Å². The Balaban J connectivity index is 1.28. The second-order valence-corrected chi connectivity index (χ2v) is 7.48. The molecule has 138 valence electrons. The Labute approximate surface area is 159 Å².